The van der Waals surface area contributed by atoms with E-state index in [4.69, 9.17) is 4.74 Å². The number of ether oxygens (including phenoxy) is 1. The van der Waals surface area contributed by atoms with Crippen molar-refractivity contribution in [2.45, 2.75) is 62.8 Å². The van der Waals surface area contributed by atoms with Crippen LogP contribution in [0.15, 0.2) is 23.1 Å². The summed E-state index contributed by atoms with van der Waals surface area (Å²) in [6.07, 6.45) is 7.26. The molecule has 0 radical (unpaired) electrons. The van der Waals surface area contributed by atoms with Crippen molar-refractivity contribution in [1.82, 2.24) is 9.62 Å². The maximum absolute atomic E-state index is 14.3. The molecule has 0 aromatic heterocycles. The van der Waals surface area contributed by atoms with Crippen LogP contribution < -0.4 is 5.32 Å². The van der Waals surface area contributed by atoms with Gasteiger partial charge >= 0.3 is 5.97 Å². The summed E-state index contributed by atoms with van der Waals surface area (Å²) in [6, 6.07) is 3.13. The van der Waals surface area contributed by atoms with Crippen molar-refractivity contribution < 1.29 is 27.1 Å². The number of sulfonamides is 1. The third kappa shape index (κ3) is 4.83. The molecule has 32 heavy (non-hydrogen) atoms. The van der Waals surface area contributed by atoms with E-state index < -0.39 is 39.2 Å². The highest BCUT2D eigenvalue weighted by molar-refractivity contribution is 7.89. The number of hydrogen-bond acceptors (Lipinski definition) is 5. The summed E-state index contributed by atoms with van der Waals surface area (Å²) in [5, 5.41) is 2.92. The predicted octanol–water partition coefficient (Wildman–Crippen LogP) is 3.10. The summed E-state index contributed by atoms with van der Waals surface area (Å²) in [5.41, 5.74) is -0.101. The van der Waals surface area contributed by atoms with Crippen molar-refractivity contribution in [3.63, 3.8) is 0 Å². The molecule has 4 atom stereocenters. The number of piperidine rings is 1. The fraction of sp³-hybridized carbons (Fsp3) is 0.652. The number of esters is 1. The number of amides is 1. The molecule has 0 spiro atoms. The number of benzene rings is 1. The maximum atomic E-state index is 14.3. The Hall–Kier alpha value is -2.00. The topological polar surface area (TPSA) is 92.8 Å². The fourth-order valence-corrected chi connectivity index (χ4v) is 7.20. The smallest absolute Gasteiger partial charge is 0.338 e. The standard InChI is InChI=1S/C23H31FN2O5S/c1-15(19-12-16-5-6-17(19)11-16)25-22(27)14-31-23(28)18-7-8-20(24)21(13-18)32(29,30)26-9-3-2-4-10-26/h7-8,13,15-17,19H,2-6,9-12,14H2,1H3,(H,25,27)/t15-,16+,17+,19+/m0/s1. The minimum absolute atomic E-state index is 0.0172. The summed E-state index contributed by atoms with van der Waals surface area (Å²) >= 11 is 0. The number of carbonyl (C=O) groups excluding carboxylic acids is 2. The van der Waals surface area contributed by atoms with E-state index in [0.717, 1.165) is 43.7 Å². The molecular weight excluding hydrogens is 435 g/mol. The van der Waals surface area contributed by atoms with Gasteiger partial charge in [-0.25, -0.2) is 17.6 Å². The molecule has 4 rings (SSSR count). The number of fused-ring (bicyclic) bond motifs is 2. The van der Waals surface area contributed by atoms with Crippen LogP contribution in [0.1, 0.15) is 62.2 Å². The van der Waals surface area contributed by atoms with E-state index in [1.165, 1.54) is 29.6 Å². The SMILES string of the molecule is C[C@H](NC(=O)COC(=O)c1ccc(F)c(S(=O)(=O)N2CCCCC2)c1)[C@H]1C[C@@H]2CC[C@@H]1C2. The second-order valence-corrected chi connectivity index (χ2v) is 11.3. The zero-order valence-corrected chi connectivity index (χ0v) is 19.2. The van der Waals surface area contributed by atoms with Gasteiger partial charge in [-0.2, -0.15) is 4.31 Å². The van der Waals surface area contributed by atoms with E-state index in [9.17, 15) is 22.4 Å². The summed E-state index contributed by atoms with van der Waals surface area (Å²) < 4.78 is 46.3. The van der Waals surface area contributed by atoms with Gasteiger partial charge in [0.05, 0.1) is 5.56 Å². The number of rotatable bonds is 7. The van der Waals surface area contributed by atoms with Crippen LogP contribution in [0.5, 0.6) is 0 Å². The number of nitrogens with zero attached hydrogens (tertiary/aromatic N) is 1. The highest BCUT2D eigenvalue weighted by Crippen LogP contribution is 2.49. The lowest BCUT2D eigenvalue weighted by Crippen LogP contribution is -2.42. The first-order chi connectivity index (χ1) is 15.3. The van der Waals surface area contributed by atoms with Gasteiger partial charge in [0.25, 0.3) is 5.91 Å². The average Bonchev–Trinajstić information content (AvgIpc) is 3.42. The molecule has 1 N–H and O–H groups in total. The van der Waals surface area contributed by atoms with Crippen molar-refractivity contribution in [3.8, 4) is 0 Å². The maximum Gasteiger partial charge on any atom is 0.338 e. The van der Waals surface area contributed by atoms with E-state index in [1.807, 2.05) is 6.92 Å². The summed E-state index contributed by atoms with van der Waals surface area (Å²) in [5.74, 6) is -0.259. The van der Waals surface area contributed by atoms with Crippen LogP contribution in [0.25, 0.3) is 0 Å². The van der Waals surface area contributed by atoms with Crippen molar-refractivity contribution >= 4 is 21.9 Å². The van der Waals surface area contributed by atoms with Gasteiger partial charge in [-0.3, -0.25) is 4.79 Å². The summed E-state index contributed by atoms with van der Waals surface area (Å²) in [6.45, 7) is 2.19. The molecule has 1 saturated heterocycles. The second-order valence-electron chi connectivity index (χ2n) is 9.38. The summed E-state index contributed by atoms with van der Waals surface area (Å²) in [7, 11) is -4.04. The third-order valence-corrected chi connectivity index (χ3v) is 9.17. The van der Waals surface area contributed by atoms with Gasteiger partial charge in [-0.05, 0) is 75.0 Å². The van der Waals surface area contributed by atoms with E-state index in [-0.39, 0.29) is 11.6 Å². The molecule has 7 nitrogen and oxygen atoms in total. The van der Waals surface area contributed by atoms with Gasteiger partial charge in [-0.15, -0.1) is 0 Å². The molecule has 0 unspecified atom stereocenters. The molecule has 2 bridgehead atoms. The van der Waals surface area contributed by atoms with Gasteiger partial charge in [-0.1, -0.05) is 12.8 Å². The lowest BCUT2D eigenvalue weighted by molar-refractivity contribution is -0.125. The lowest BCUT2D eigenvalue weighted by Gasteiger charge is -2.28. The average molecular weight is 467 g/mol. The highest BCUT2D eigenvalue weighted by atomic mass is 32.2. The molecule has 1 aromatic rings. The first-order valence-corrected chi connectivity index (χ1v) is 13.0. The quantitative estimate of drug-likeness (QED) is 0.624. The molecule has 1 aliphatic heterocycles. The largest absolute Gasteiger partial charge is 0.452 e. The second kappa shape index (κ2) is 9.47. The van der Waals surface area contributed by atoms with E-state index in [0.29, 0.717) is 24.9 Å². The van der Waals surface area contributed by atoms with Crippen LogP contribution in [0.3, 0.4) is 0 Å². The van der Waals surface area contributed by atoms with Crippen LogP contribution in [0, 0.1) is 23.6 Å². The van der Waals surface area contributed by atoms with Gasteiger partial charge in [0, 0.05) is 19.1 Å². The molecule has 176 valence electrons. The molecule has 2 saturated carbocycles. The van der Waals surface area contributed by atoms with Gasteiger partial charge in [0.2, 0.25) is 10.0 Å². The van der Waals surface area contributed by atoms with Crippen LogP contribution >= 0.6 is 0 Å². The summed E-state index contributed by atoms with van der Waals surface area (Å²) in [4.78, 5) is 24.2. The van der Waals surface area contributed by atoms with Gasteiger partial charge in [0.1, 0.15) is 10.7 Å². The van der Waals surface area contributed by atoms with Crippen molar-refractivity contribution in [2.75, 3.05) is 19.7 Å². The van der Waals surface area contributed by atoms with Crippen LogP contribution in [-0.4, -0.2) is 50.3 Å². The number of halogens is 1. The van der Waals surface area contributed by atoms with Crippen molar-refractivity contribution in [3.05, 3.63) is 29.6 Å². The molecule has 1 aromatic carbocycles. The molecule has 2 aliphatic carbocycles. The monoisotopic (exact) mass is 466 g/mol. The molecule has 3 fully saturated rings. The Morgan fingerprint density at radius 2 is 1.94 bits per heavy atom. The van der Waals surface area contributed by atoms with E-state index in [2.05, 4.69) is 5.32 Å². The molecule has 3 aliphatic rings. The minimum Gasteiger partial charge on any atom is -0.452 e. The first kappa shape index (κ1) is 23.2. The van der Waals surface area contributed by atoms with Crippen LogP contribution in [0.4, 0.5) is 4.39 Å². The Balaban J connectivity index is 1.35. The molecule has 9 heteroatoms. The van der Waals surface area contributed by atoms with E-state index in [1.54, 1.807) is 0 Å². The van der Waals surface area contributed by atoms with Crippen LogP contribution in [0.2, 0.25) is 0 Å². The Morgan fingerprint density at radius 3 is 2.59 bits per heavy atom. The third-order valence-electron chi connectivity index (χ3n) is 7.26. The zero-order chi connectivity index (χ0) is 22.9. The number of nitrogens with one attached hydrogen (secondary N) is 1. The Labute approximate surface area is 188 Å². The Morgan fingerprint density at radius 1 is 1.19 bits per heavy atom. The lowest BCUT2D eigenvalue weighted by atomic mass is 9.84. The molecular formula is C23H31FN2O5S. The molecule has 1 heterocycles. The predicted molar refractivity (Wildman–Crippen MR) is 116 cm³/mol. The van der Waals surface area contributed by atoms with Gasteiger partial charge in [0.15, 0.2) is 6.61 Å². The minimum atomic E-state index is -4.04. The highest BCUT2D eigenvalue weighted by Gasteiger charge is 2.42. The number of carbonyl (C=O) groups is 2. The Kier molecular flexibility index (Phi) is 6.86. The van der Waals surface area contributed by atoms with Crippen molar-refractivity contribution in [1.29, 1.82) is 0 Å². The van der Waals surface area contributed by atoms with Crippen LogP contribution in [-0.2, 0) is 19.6 Å². The van der Waals surface area contributed by atoms with Crippen molar-refractivity contribution in [2.24, 2.45) is 17.8 Å². The fourth-order valence-electron chi connectivity index (χ4n) is 5.60. The Bertz CT molecular complexity index is 977. The zero-order valence-electron chi connectivity index (χ0n) is 18.4. The number of hydrogen-bond donors (Lipinski definition) is 1. The van der Waals surface area contributed by atoms with E-state index >= 15 is 0 Å². The van der Waals surface area contributed by atoms with Gasteiger partial charge < -0.3 is 10.1 Å². The first-order valence-electron chi connectivity index (χ1n) is 11.5. The normalized spacial score (nSPS) is 26.6. The molecule has 1 amide bonds.